The fourth-order valence-electron chi connectivity index (χ4n) is 11.6. The maximum atomic E-state index is 12.0. The molecule has 5 aliphatic rings. The van der Waals surface area contributed by atoms with Crippen molar-refractivity contribution in [3.05, 3.63) is 11.6 Å². The molecule has 0 spiro atoms. The summed E-state index contributed by atoms with van der Waals surface area (Å²) in [7, 11) is 0. The molecule has 0 aliphatic heterocycles. The van der Waals surface area contributed by atoms with E-state index >= 15 is 0 Å². The monoisotopic (exact) mass is 512 g/mol. The minimum absolute atomic E-state index is 0.0169. The van der Waals surface area contributed by atoms with Crippen molar-refractivity contribution in [2.45, 2.75) is 133 Å². The van der Waals surface area contributed by atoms with Gasteiger partial charge >= 0.3 is 5.97 Å². The quantitative estimate of drug-likeness (QED) is 0.280. The molecule has 0 bridgehead atoms. The van der Waals surface area contributed by atoms with E-state index in [1.165, 1.54) is 38.5 Å². The summed E-state index contributed by atoms with van der Waals surface area (Å²) in [5.41, 5.74) is 2.79. The van der Waals surface area contributed by atoms with E-state index in [2.05, 4.69) is 68.4 Å². The summed E-state index contributed by atoms with van der Waals surface area (Å²) in [6.07, 6.45) is 12.9. The van der Waals surface area contributed by atoms with E-state index in [-0.39, 0.29) is 39.8 Å². The zero-order chi connectivity index (χ0) is 27.2. The van der Waals surface area contributed by atoms with Gasteiger partial charge in [-0.3, -0.25) is 4.79 Å². The van der Waals surface area contributed by atoms with Gasteiger partial charge in [-0.25, -0.2) is 0 Å². The molecule has 3 heteroatoms. The number of allylic oxidation sites excluding steroid dienone is 1. The molecule has 4 fully saturated rings. The van der Waals surface area contributed by atoms with E-state index in [0.29, 0.717) is 23.2 Å². The molecule has 0 heterocycles. The second-order valence-corrected chi connectivity index (χ2v) is 15.8. The predicted molar refractivity (Wildman–Crippen MR) is 151 cm³/mol. The first kappa shape index (κ1) is 27.7. The van der Waals surface area contributed by atoms with E-state index in [1.54, 1.807) is 12.5 Å². The van der Waals surface area contributed by atoms with Crippen molar-refractivity contribution in [1.29, 1.82) is 0 Å². The number of carbonyl (C=O) groups is 1. The Morgan fingerprint density at radius 2 is 1.65 bits per heavy atom. The van der Waals surface area contributed by atoms with Gasteiger partial charge in [-0.2, -0.15) is 0 Å². The molecule has 3 nitrogen and oxygen atoms in total. The number of hydrogen-bond donors (Lipinski definition) is 0. The minimum atomic E-state index is -0.131. The van der Waals surface area contributed by atoms with Gasteiger partial charge in [-0.05, 0) is 104 Å². The first-order valence-electron chi connectivity index (χ1n) is 15.7. The van der Waals surface area contributed by atoms with Crippen LogP contribution < -0.4 is 0 Å². The van der Waals surface area contributed by atoms with Crippen LogP contribution in [0.4, 0.5) is 0 Å². The Hall–Kier alpha value is -0.830. The number of ether oxygens (including phenoxy) is 2. The molecule has 0 saturated heterocycles. The topological polar surface area (TPSA) is 35.5 Å². The van der Waals surface area contributed by atoms with Crippen LogP contribution in [0.3, 0.4) is 0 Å². The third-order valence-electron chi connectivity index (χ3n) is 13.9. The Balaban J connectivity index is 1.63. The SMILES string of the molecule is CCOC1C=C2C3C(C)C(C)CCC3(C)CCC2(C)C2(C)CCC3C(C)(C)C(OC(C)=O)CCC3(C)C12. The van der Waals surface area contributed by atoms with E-state index in [0.717, 1.165) is 31.3 Å². The standard InChI is InChI=1S/C34H56O3/c1-11-36-25-20-24-28-22(3)21(2)12-15-31(28,7)18-19-33(24,9)34(10)17-13-26-30(5,6)27(37-23(4)35)14-16-32(26,8)29(25)34/h20-22,25-29H,11-19H2,1-10H3. The smallest absolute Gasteiger partial charge is 0.302 e. The van der Waals surface area contributed by atoms with Gasteiger partial charge in [0.15, 0.2) is 0 Å². The highest BCUT2D eigenvalue weighted by Gasteiger charge is 2.70. The van der Waals surface area contributed by atoms with E-state index < -0.39 is 0 Å². The number of fused-ring (bicyclic) bond motifs is 7. The van der Waals surface area contributed by atoms with Crippen LogP contribution in [0.25, 0.3) is 0 Å². The third-order valence-corrected chi connectivity index (χ3v) is 13.9. The van der Waals surface area contributed by atoms with Gasteiger partial charge in [0.25, 0.3) is 0 Å². The van der Waals surface area contributed by atoms with Crippen LogP contribution in [0.1, 0.15) is 121 Å². The molecule has 0 aromatic heterocycles. The van der Waals surface area contributed by atoms with Gasteiger partial charge < -0.3 is 9.47 Å². The highest BCUT2D eigenvalue weighted by atomic mass is 16.5. The lowest BCUT2D eigenvalue weighted by Crippen LogP contribution is -2.68. The predicted octanol–water partition coefficient (Wildman–Crippen LogP) is 8.61. The minimum Gasteiger partial charge on any atom is -0.462 e. The van der Waals surface area contributed by atoms with Gasteiger partial charge in [-0.1, -0.05) is 67.0 Å². The lowest BCUT2D eigenvalue weighted by Gasteiger charge is -2.72. The first-order valence-corrected chi connectivity index (χ1v) is 15.7. The van der Waals surface area contributed by atoms with Crippen molar-refractivity contribution in [2.75, 3.05) is 6.61 Å². The van der Waals surface area contributed by atoms with Crippen molar-refractivity contribution in [3.8, 4) is 0 Å². The second-order valence-electron chi connectivity index (χ2n) is 15.8. The van der Waals surface area contributed by atoms with Crippen molar-refractivity contribution >= 4 is 5.97 Å². The lowest BCUT2D eigenvalue weighted by atomic mass is 9.33. The van der Waals surface area contributed by atoms with E-state index in [1.807, 2.05) is 0 Å². The molecule has 0 radical (unpaired) electrons. The van der Waals surface area contributed by atoms with E-state index in [9.17, 15) is 4.79 Å². The molecule has 0 aromatic carbocycles. The summed E-state index contributed by atoms with van der Waals surface area (Å²) in [6, 6.07) is 0. The molecular weight excluding hydrogens is 456 g/mol. The number of esters is 1. The maximum absolute atomic E-state index is 12.0. The Labute approximate surface area is 227 Å². The summed E-state index contributed by atoms with van der Waals surface area (Å²) in [5.74, 6) is 3.09. The Morgan fingerprint density at radius 1 is 0.946 bits per heavy atom. The first-order chi connectivity index (χ1) is 17.2. The average Bonchev–Trinajstić information content (AvgIpc) is 2.80. The molecule has 37 heavy (non-hydrogen) atoms. The van der Waals surface area contributed by atoms with Crippen molar-refractivity contribution in [1.82, 2.24) is 0 Å². The second kappa shape index (κ2) is 8.84. The van der Waals surface area contributed by atoms with Crippen LogP contribution in [-0.2, 0) is 14.3 Å². The fraction of sp³-hybridized carbons (Fsp3) is 0.912. The van der Waals surface area contributed by atoms with Crippen LogP contribution in [0.15, 0.2) is 11.6 Å². The fourth-order valence-corrected chi connectivity index (χ4v) is 11.6. The lowest BCUT2D eigenvalue weighted by molar-refractivity contribution is -0.235. The summed E-state index contributed by atoms with van der Waals surface area (Å²) in [5, 5.41) is 0. The molecule has 0 aromatic rings. The normalized spacial score (nSPS) is 52.6. The largest absolute Gasteiger partial charge is 0.462 e. The van der Waals surface area contributed by atoms with Crippen LogP contribution >= 0.6 is 0 Å². The molecule has 11 unspecified atom stereocenters. The number of hydrogen-bond acceptors (Lipinski definition) is 3. The van der Waals surface area contributed by atoms with Gasteiger partial charge in [0.2, 0.25) is 0 Å². The number of carbonyl (C=O) groups excluding carboxylic acids is 1. The molecule has 4 saturated carbocycles. The van der Waals surface area contributed by atoms with Gasteiger partial charge in [0, 0.05) is 24.9 Å². The van der Waals surface area contributed by atoms with Crippen molar-refractivity contribution in [3.63, 3.8) is 0 Å². The van der Waals surface area contributed by atoms with Crippen molar-refractivity contribution in [2.24, 2.45) is 56.7 Å². The molecule has 210 valence electrons. The van der Waals surface area contributed by atoms with Crippen LogP contribution in [-0.4, -0.2) is 24.8 Å². The number of rotatable bonds is 3. The summed E-state index contributed by atoms with van der Waals surface area (Å²) in [6.45, 7) is 24.9. The molecule has 5 rings (SSSR count). The average molecular weight is 513 g/mol. The zero-order valence-electron chi connectivity index (χ0n) is 25.7. The van der Waals surface area contributed by atoms with Crippen molar-refractivity contribution < 1.29 is 14.3 Å². The summed E-state index contributed by atoms with van der Waals surface area (Å²) < 4.78 is 12.7. The Kier molecular flexibility index (Phi) is 6.62. The molecule has 11 atom stereocenters. The highest BCUT2D eigenvalue weighted by molar-refractivity contribution is 5.66. The van der Waals surface area contributed by atoms with Crippen LogP contribution in [0, 0.1) is 56.7 Å². The summed E-state index contributed by atoms with van der Waals surface area (Å²) >= 11 is 0. The molecule has 0 N–H and O–H groups in total. The zero-order valence-corrected chi connectivity index (χ0v) is 25.7. The Morgan fingerprint density at radius 3 is 2.30 bits per heavy atom. The van der Waals surface area contributed by atoms with Crippen LogP contribution in [0.5, 0.6) is 0 Å². The molecule has 5 aliphatic carbocycles. The van der Waals surface area contributed by atoms with E-state index in [4.69, 9.17) is 9.47 Å². The Bertz CT molecular complexity index is 951. The maximum Gasteiger partial charge on any atom is 0.302 e. The van der Waals surface area contributed by atoms with Crippen LogP contribution in [0.2, 0.25) is 0 Å². The highest BCUT2D eigenvalue weighted by Crippen LogP contribution is 2.76. The molecular formula is C34H56O3. The summed E-state index contributed by atoms with van der Waals surface area (Å²) in [4.78, 5) is 12.0. The van der Waals surface area contributed by atoms with Gasteiger partial charge in [-0.15, -0.1) is 0 Å². The third kappa shape index (κ3) is 3.71. The van der Waals surface area contributed by atoms with Gasteiger partial charge in [0.1, 0.15) is 6.10 Å². The van der Waals surface area contributed by atoms with Gasteiger partial charge in [0.05, 0.1) is 6.10 Å². The molecule has 0 amide bonds.